The molecule has 1 heterocycles. The molecule has 1 aliphatic rings. The zero-order valence-corrected chi connectivity index (χ0v) is 11.4. The summed E-state index contributed by atoms with van der Waals surface area (Å²) in [5.74, 6) is 0.131. The van der Waals surface area contributed by atoms with Crippen molar-refractivity contribution in [3.63, 3.8) is 0 Å². The summed E-state index contributed by atoms with van der Waals surface area (Å²) in [7, 11) is 0. The van der Waals surface area contributed by atoms with E-state index in [1.807, 2.05) is 11.4 Å². The van der Waals surface area contributed by atoms with Gasteiger partial charge in [0.15, 0.2) is 0 Å². The zero-order chi connectivity index (χ0) is 14.8. The number of nitrogens with one attached hydrogen (secondary N) is 1. The highest BCUT2D eigenvalue weighted by Gasteiger charge is 2.28. The fraction of sp³-hybridized carbons (Fsp3) is 0.417. The van der Waals surface area contributed by atoms with Gasteiger partial charge in [0.1, 0.15) is 6.54 Å². The highest BCUT2D eigenvalue weighted by Crippen LogP contribution is 2.35. The zero-order valence-electron chi connectivity index (χ0n) is 10.5. The molecule has 1 aromatic carbocycles. The van der Waals surface area contributed by atoms with Crippen LogP contribution < -0.4 is 16.0 Å². The summed E-state index contributed by atoms with van der Waals surface area (Å²) >= 11 is 1.64. The lowest BCUT2D eigenvalue weighted by molar-refractivity contribution is -0.137. The standard InChI is InChI=1S/C12H14F3N3OS/c13-12(14,15)7-17-11(19)6-18-3-4-20-10-2-1-8(16)5-9(10)18/h1-2,5H,3-4,6-7,16H2,(H,17,19). The van der Waals surface area contributed by atoms with Crippen molar-refractivity contribution in [1.82, 2.24) is 5.32 Å². The van der Waals surface area contributed by atoms with Gasteiger partial charge in [-0.15, -0.1) is 11.8 Å². The summed E-state index contributed by atoms with van der Waals surface area (Å²) in [5.41, 5.74) is 7.06. The van der Waals surface area contributed by atoms with E-state index in [1.165, 1.54) is 0 Å². The Kier molecular flexibility index (Phi) is 4.32. The molecule has 0 bridgehead atoms. The van der Waals surface area contributed by atoms with E-state index in [9.17, 15) is 18.0 Å². The molecule has 0 atom stereocenters. The Labute approximate surface area is 118 Å². The largest absolute Gasteiger partial charge is 0.405 e. The molecule has 0 aromatic heterocycles. The van der Waals surface area contributed by atoms with Crippen molar-refractivity contribution in [3.05, 3.63) is 18.2 Å². The molecule has 1 aromatic rings. The van der Waals surface area contributed by atoms with E-state index in [2.05, 4.69) is 0 Å². The number of carbonyl (C=O) groups is 1. The molecule has 4 nitrogen and oxygen atoms in total. The van der Waals surface area contributed by atoms with Crippen LogP contribution in [-0.2, 0) is 4.79 Å². The maximum absolute atomic E-state index is 12.0. The number of alkyl halides is 3. The predicted octanol–water partition coefficient (Wildman–Crippen LogP) is 1.86. The molecule has 2 rings (SSSR count). The molecule has 20 heavy (non-hydrogen) atoms. The molecule has 110 valence electrons. The quantitative estimate of drug-likeness (QED) is 0.837. The number of amides is 1. The second-order valence-electron chi connectivity index (χ2n) is 4.39. The number of nitrogen functional groups attached to an aromatic ring is 1. The molecule has 0 aliphatic carbocycles. The lowest BCUT2D eigenvalue weighted by Gasteiger charge is -2.30. The molecule has 1 aliphatic heterocycles. The van der Waals surface area contributed by atoms with E-state index in [0.29, 0.717) is 12.2 Å². The average Bonchev–Trinajstić information content (AvgIpc) is 2.36. The minimum Gasteiger partial charge on any atom is -0.399 e. The molecular weight excluding hydrogens is 291 g/mol. The van der Waals surface area contributed by atoms with Crippen LogP contribution in [0.2, 0.25) is 0 Å². The van der Waals surface area contributed by atoms with Crippen molar-refractivity contribution < 1.29 is 18.0 Å². The minimum atomic E-state index is -4.39. The monoisotopic (exact) mass is 305 g/mol. The number of halogens is 3. The second kappa shape index (κ2) is 5.82. The normalized spacial score (nSPS) is 14.8. The van der Waals surface area contributed by atoms with Crippen molar-refractivity contribution in [2.45, 2.75) is 11.1 Å². The molecule has 0 saturated heterocycles. The Bertz CT molecular complexity index is 507. The Morgan fingerprint density at radius 1 is 1.45 bits per heavy atom. The number of nitrogens with two attached hydrogens (primary N) is 1. The Morgan fingerprint density at radius 3 is 2.90 bits per heavy atom. The van der Waals surface area contributed by atoms with Crippen molar-refractivity contribution in [2.75, 3.05) is 36.0 Å². The third-order valence-electron chi connectivity index (χ3n) is 2.76. The molecule has 0 saturated carbocycles. The highest BCUT2D eigenvalue weighted by molar-refractivity contribution is 7.99. The first-order valence-corrected chi connectivity index (χ1v) is 6.94. The maximum atomic E-state index is 12.0. The Balaban J connectivity index is 2.01. The van der Waals surface area contributed by atoms with Gasteiger partial charge in [-0.05, 0) is 18.2 Å². The first kappa shape index (κ1) is 14.8. The van der Waals surface area contributed by atoms with Crippen LogP contribution >= 0.6 is 11.8 Å². The van der Waals surface area contributed by atoms with Crippen LogP contribution in [0.15, 0.2) is 23.1 Å². The van der Waals surface area contributed by atoms with Gasteiger partial charge in [0, 0.05) is 22.9 Å². The second-order valence-corrected chi connectivity index (χ2v) is 5.53. The van der Waals surface area contributed by atoms with Crippen LogP contribution in [0.5, 0.6) is 0 Å². The summed E-state index contributed by atoms with van der Waals surface area (Å²) in [5, 5.41) is 1.87. The van der Waals surface area contributed by atoms with Gasteiger partial charge in [-0.25, -0.2) is 0 Å². The van der Waals surface area contributed by atoms with Gasteiger partial charge in [0.05, 0.1) is 12.2 Å². The summed E-state index contributed by atoms with van der Waals surface area (Å²) in [6.45, 7) is -0.814. The van der Waals surface area contributed by atoms with E-state index in [1.54, 1.807) is 28.8 Å². The number of fused-ring (bicyclic) bond motifs is 1. The third-order valence-corrected chi connectivity index (χ3v) is 3.81. The molecule has 8 heteroatoms. The lowest BCUT2D eigenvalue weighted by Crippen LogP contribution is -2.42. The molecule has 3 N–H and O–H groups in total. The van der Waals surface area contributed by atoms with E-state index in [0.717, 1.165) is 16.3 Å². The van der Waals surface area contributed by atoms with Gasteiger partial charge in [0.2, 0.25) is 5.91 Å². The number of rotatable bonds is 3. The summed E-state index contributed by atoms with van der Waals surface area (Å²) in [6, 6.07) is 5.35. The summed E-state index contributed by atoms with van der Waals surface area (Å²) in [4.78, 5) is 14.3. The molecule has 0 spiro atoms. The van der Waals surface area contributed by atoms with Gasteiger partial charge in [-0.2, -0.15) is 13.2 Å². The van der Waals surface area contributed by atoms with Gasteiger partial charge in [0.25, 0.3) is 0 Å². The van der Waals surface area contributed by atoms with Crippen LogP contribution in [0.3, 0.4) is 0 Å². The van der Waals surface area contributed by atoms with Gasteiger partial charge in [-0.1, -0.05) is 0 Å². The molecular formula is C12H14F3N3OS. The van der Waals surface area contributed by atoms with Crippen LogP contribution in [0.4, 0.5) is 24.5 Å². The smallest absolute Gasteiger partial charge is 0.399 e. The van der Waals surface area contributed by atoms with E-state index in [4.69, 9.17) is 5.73 Å². The van der Waals surface area contributed by atoms with Gasteiger partial charge in [-0.3, -0.25) is 4.79 Å². The highest BCUT2D eigenvalue weighted by atomic mass is 32.2. The summed E-state index contributed by atoms with van der Waals surface area (Å²) in [6.07, 6.45) is -4.39. The van der Waals surface area contributed by atoms with Crippen LogP contribution in [-0.4, -0.2) is 37.5 Å². The lowest BCUT2D eigenvalue weighted by atomic mass is 10.2. The number of benzene rings is 1. The molecule has 0 radical (unpaired) electrons. The Morgan fingerprint density at radius 2 is 2.20 bits per heavy atom. The molecule has 0 fully saturated rings. The van der Waals surface area contributed by atoms with E-state index < -0.39 is 18.6 Å². The first-order chi connectivity index (χ1) is 9.35. The fourth-order valence-corrected chi connectivity index (χ4v) is 2.91. The number of anilines is 2. The molecule has 0 unspecified atom stereocenters. The fourth-order valence-electron chi connectivity index (χ4n) is 1.88. The maximum Gasteiger partial charge on any atom is 0.405 e. The van der Waals surface area contributed by atoms with Gasteiger partial charge >= 0.3 is 6.18 Å². The Hall–Kier alpha value is -1.57. The van der Waals surface area contributed by atoms with Crippen molar-refractivity contribution in [3.8, 4) is 0 Å². The first-order valence-electron chi connectivity index (χ1n) is 5.96. The third kappa shape index (κ3) is 3.96. The van der Waals surface area contributed by atoms with Crippen molar-refractivity contribution >= 4 is 29.0 Å². The van der Waals surface area contributed by atoms with Crippen molar-refractivity contribution in [2.24, 2.45) is 0 Å². The van der Waals surface area contributed by atoms with E-state index >= 15 is 0 Å². The predicted molar refractivity (Wildman–Crippen MR) is 72.9 cm³/mol. The number of nitrogens with zero attached hydrogens (tertiary/aromatic N) is 1. The minimum absolute atomic E-state index is 0.104. The van der Waals surface area contributed by atoms with E-state index in [-0.39, 0.29) is 6.54 Å². The molecule has 1 amide bonds. The number of hydrogen-bond acceptors (Lipinski definition) is 4. The summed E-state index contributed by atoms with van der Waals surface area (Å²) < 4.78 is 36.1. The van der Waals surface area contributed by atoms with Crippen LogP contribution in [0, 0.1) is 0 Å². The number of thioether (sulfide) groups is 1. The number of hydrogen-bond donors (Lipinski definition) is 2. The topological polar surface area (TPSA) is 58.4 Å². The average molecular weight is 305 g/mol. The van der Waals surface area contributed by atoms with Crippen LogP contribution in [0.25, 0.3) is 0 Å². The van der Waals surface area contributed by atoms with Gasteiger partial charge < -0.3 is 16.0 Å². The van der Waals surface area contributed by atoms with Crippen LogP contribution in [0.1, 0.15) is 0 Å². The number of carbonyl (C=O) groups excluding carboxylic acids is 1. The SMILES string of the molecule is Nc1ccc2c(c1)N(CC(=O)NCC(F)(F)F)CCS2. The van der Waals surface area contributed by atoms with Crippen molar-refractivity contribution in [1.29, 1.82) is 0 Å².